The lowest BCUT2D eigenvalue weighted by Crippen LogP contribution is -2.41. The van der Waals surface area contributed by atoms with E-state index >= 15 is 0 Å². The van der Waals surface area contributed by atoms with Gasteiger partial charge < -0.3 is 5.32 Å². The van der Waals surface area contributed by atoms with Gasteiger partial charge in [0.25, 0.3) is 0 Å². The summed E-state index contributed by atoms with van der Waals surface area (Å²) < 4.78 is 26.1. The number of hydrogen-bond acceptors (Lipinski definition) is 3. The molecule has 0 radical (unpaired) electrons. The highest BCUT2D eigenvalue weighted by Gasteiger charge is 2.22. The van der Waals surface area contributed by atoms with Crippen molar-refractivity contribution in [1.29, 1.82) is 0 Å². The molecule has 124 valence electrons. The summed E-state index contributed by atoms with van der Waals surface area (Å²) in [5.74, 6) is -0.106. The molecule has 0 unspecified atom stereocenters. The maximum absolute atomic E-state index is 12.0. The number of hydrogen-bond donors (Lipinski definition) is 1. The first-order valence-electron chi connectivity index (χ1n) is 6.95. The molecule has 1 N–H and O–H groups in total. The van der Waals surface area contributed by atoms with Crippen LogP contribution in [0.1, 0.15) is 26.3 Å². The van der Waals surface area contributed by atoms with Crippen molar-refractivity contribution in [2.75, 3.05) is 23.7 Å². The number of rotatable bonds is 5. The number of benzene rings is 1. The Morgan fingerprint density at radius 1 is 1.32 bits per heavy atom. The maximum atomic E-state index is 12.0. The van der Waals surface area contributed by atoms with Crippen LogP contribution in [-0.2, 0) is 14.8 Å². The largest absolute Gasteiger partial charge is 0.354 e. The summed E-state index contributed by atoms with van der Waals surface area (Å²) in [6.07, 6.45) is 1.16. The average molecular weight is 391 g/mol. The van der Waals surface area contributed by atoms with E-state index in [-0.39, 0.29) is 19.0 Å². The Morgan fingerprint density at radius 3 is 2.36 bits per heavy atom. The zero-order chi connectivity index (χ0) is 17.1. The minimum Gasteiger partial charge on any atom is -0.354 e. The molecule has 0 aliphatic rings. The highest BCUT2D eigenvalue weighted by molar-refractivity contribution is 9.10. The number of anilines is 1. The molecule has 0 spiro atoms. The molecular formula is C15H23BrN2O3S. The van der Waals surface area contributed by atoms with Crippen molar-refractivity contribution < 1.29 is 13.2 Å². The van der Waals surface area contributed by atoms with Crippen LogP contribution in [0.3, 0.4) is 0 Å². The minimum absolute atomic E-state index is 0.106. The van der Waals surface area contributed by atoms with E-state index in [0.29, 0.717) is 5.69 Å². The molecule has 1 aromatic rings. The van der Waals surface area contributed by atoms with E-state index in [0.717, 1.165) is 16.3 Å². The van der Waals surface area contributed by atoms with Crippen LogP contribution in [0, 0.1) is 12.3 Å². The van der Waals surface area contributed by atoms with Gasteiger partial charge in [0.1, 0.15) is 0 Å². The molecule has 0 aromatic heterocycles. The van der Waals surface area contributed by atoms with Crippen LogP contribution in [0.25, 0.3) is 0 Å². The number of nitrogens with one attached hydrogen (secondary N) is 1. The second-order valence-electron chi connectivity index (χ2n) is 6.27. The van der Waals surface area contributed by atoms with Gasteiger partial charge in [-0.1, -0.05) is 42.8 Å². The third-order valence-electron chi connectivity index (χ3n) is 3.13. The van der Waals surface area contributed by atoms with Gasteiger partial charge in [-0.25, -0.2) is 8.42 Å². The summed E-state index contributed by atoms with van der Waals surface area (Å²) >= 11 is 3.41. The molecular weight excluding hydrogens is 368 g/mol. The van der Waals surface area contributed by atoms with E-state index in [1.165, 1.54) is 4.31 Å². The molecule has 5 nitrogen and oxygen atoms in total. The fourth-order valence-electron chi connectivity index (χ4n) is 1.76. The molecule has 0 heterocycles. The minimum atomic E-state index is -3.42. The number of amides is 1. The molecule has 1 rings (SSSR count). The molecule has 7 heteroatoms. The first-order chi connectivity index (χ1) is 9.93. The SMILES string of the molecule is Cc1ccc(N(CCNC(=O)C(C)(C)C)S(C)(=O)=O)cc1Br. The molecule has 1 aromatic carbocycles. The lowest BCUT2D eigenvalue weighted by atomic mass is 9.96. The Bertz CT molecular complexity index is 651. The summed E-state index contributed by atoms with van der Waals surface area (Å²) in [5, 5.41) is 2.76. The second-order valence-corrected chi connectivity index (χ2v) is 9.04. The predicted octanol–water partition coefficient (Wildman–Crippen LogP) is 2.69. The van der Waals surface area contributed by atoms with E-state index in [1.54, 1.807) is 12.1 Å². The zero-order valence-corrected chi connectivity index (χ0v) is 16.0. The molecule has 0 aliphatic carbocycles. The number of sulfonamides is 1. The van der Waals surface area contributed by atoms with E-state index in [1.807, 2.05) is 33.8 Å². The molecule has 0 fully saturated rings. The first kappa shape index (κ1) is 19.0. The Morgan fingerprint density at radius 2 is 1.91 bits per heavy atom. The van der Waals surface area contributed by atoms with Gasteiger partial charge in [0.2, 0.25) is 15.9 Å². The third kappa shape index (κ3) is 5.28. The summed E-state index contributed by atoms with van der Waals surface area (Å²) in [7, 11) is -3.42. The van der Waals surface area contributed by atoms with Gasteiger partial charge in [0.05, 0.1) is 18.5 Å². The molecule has 0 saturated carbocycles. The number of nitrogens with zero attached hydrogens (tertiary/aromatic N) is 1. The third-order valence-corrected chi connectivity index (χ3v) is 5.17. The van der Waals surface area contributed by atoms with E-state index in [2.05, 4.69) is 21.2 Å². The smallest absolute Gasteiger partial charge is 0.232 e. The normalized spacial score (nSPS) is 12.1. The topological polar surface area (TPSA) is 66.5 Å². The lowest BCUT2D eigenvalue weighted by molar-refractivity contribution is -0.128. The van der Waals surface area contributed by atoms with Gasteiger partial charge in [-0.3, -0.25) is 9.10 Å². The van der Waals surface area contributed by atoms with Crippen LogP contribution >= 0.6 is 15.9 Å². The summed E-state index contributed by atoms with van der Waals surface area (Å²) in [4.78, 5) is 11.8. The number of aryl methyl sites for hydroxylation is 1. The van der Waals surface area contributed by atoms with Crippen LogP contribution in [0.2, 0.25) is 0 Å². The van der Waals surface area contributed by atoms with Crippen molar-refractivity contribution in [3.05, 3.63) is 28.2 Å². The van der Waals surface area contributed by atoms with Crippen molar-refractivity contribution in [1.82, 2.24) is 5.32 Å². The molecule has 0 aliphatic heterocycles. The molecule has 22 heavy (non-hydrogen) atoms. The Hall–Kier alpha value is -1.08. The standard InChI is InChI=1S/C15H23BrN2O3S/c1-11-6-7-12(10-13(11)16)18(22(5,20)21)9-8-17-14(19)15(2,3)4/h6-7,10H,8-9H2,1-5H3,(H,17,19). The number of halogens is 1. The number of carbonyl (C=O) groups excluding carboxylic acids is 1. The van der Waals surface area contributed by atoms with E-state index < -0.39 is 15.4 Å². The molecule has 1 amide bonds. The highest BCUT2D eigenvalue weighted by Crippen LogP contribution is 2.25. The van der Waals surface area contributed by atoms with Gasteiger partial charge >= 0.3 is 0 Å². The summed E-state index contributed by atoms with van der Waals surface area (Å²) in [5.41, 5.74) is 1.10. The van der Waals surface area contributed by atoms with Gasteiger partial charge in [-0.05, 0) is 24.6 Å². The molecule has 0 bridgehead atoms. The van der Waals surface area contributed by atoms with E-state index in [9.17, 15) is 13.2 Å². The van der Waals surface area contributed by atoms with Crippen LogP contribution < -0.4 is 9.62 Å². The summed E-state index contributed by atoms with van der Waals surface area (Å²) in [6.45, 7) is 7.82. The van der Waals surface area contributed by atoms with Gasteiger partial charge in [-0.15, -0.1) is 0 Å². The second kappa shape index (κ2) is 7.00. The highest BCUT2D eigenvalue weighted by atomic mass is 79.9. The Labute approximate surface area is 141 Å². The Kier molecular flexibility index (Phi) is 6.03. The van der Waals surface area contributed by atoms with Gasteiger partial charge in [-0.2, -0.15) is 0 Å². The van der Waals surface area contributed by atoms with Gasteiger partial charge in [0, 0.05) is 16.4 Å². The van der Waals surface area contributed by atoms with Crippen molar-refractivity contribution in [2.45, 2.75) is 27.7 Å². The zero-order valence-electron chi connectivity index (χ0n) is 13.6. The first-order valence-corrected chi connectivity index (χ1v) is 9.59. The molecule has 0 atom stereocenters. The van der Waals surface area contributed by atoms with Crippen LogP contribution in [-0.4, -0.2) is 33.7 Å². The fraction of sp³-hybridized carbons (Fsp3) is 0.533. The van der Waals surface area contributed by atoms with Crippen molar-refractivity contribution >= 4 is 37.5 Å². The van der Waals surface area contributed by atoms with Crippen molar-refractivity contribution in [3.8, 4) is 0 Å². The average Bonchev–Trinajstić information content (AvgIpc) is 2.35. The lowest BCUT2D eigenvalue weighted by Gasteiger charge is -2.24. The predicted molar refractivity (Wildman–Crippen MR) is 93.5 cm³/mol. The Balaban J connectivity index is 2.88. The van der Waals surface area contributed by atoms with Crippen molar-refractivity contribution in [3.63, 3.8) is 0 Å². The fourth-order valence-corrected chi connectivity index (χ4v) is 3.05. The molecule has 0 saturated heterocycles. The van der Waals surface area contributed by atoms with Crippen molar-refractivity contribution in [2.24, 2.45) is 5.41 Å². The van der Waals surface area contributed by atoms with Crippen LogP contribution in [0.4, 0.5) is 5.69 Å². The quantitative estimate of drug-likeness (QED) is 0.839. The maximum Gasteiger partial charge on any atom is 0.232 e. The van der Waals surface area contributed by atoms with Crippen LogP contribution in [0.5, 0.6) is 0 Å². The monoisotopic (exact) mass is 390 g/mol. The summed E-state index contributed by atoms with van der Waals surface area (Å²) in [6, 6.07) is 5.38. The van der Waals surface area contributed by atoms with Gasteiger partial charge in [0.15, 0.2) is 0 Å². The van der Waals surface area contributed by atoms with E-state index in [4.69, 9.17) is 0 Å². The number of carbonyl (C=O) groups is 1. The van der Waals surface area contributed by atoms with Crippen LogP contribution in [0.15, 0.2) is 22.7 Å².